The van der Waals surface area contributed by atoms with Gasteiger partial charge in [-0.3, -0.25) is 9.10 Å². The summed E-state index contributed by atoms with van der Waals surface area (Å²) in [5.74, 6) is -0.138. The van der Waals surface area contributed by atoms with Crippen molar-refractivity contribution < 1.29 is 13.2 Å². The molecule has 0 atom stereocenters. The molecular weight excluding hydrogens is 407 g/mol. The van der Waals surface area contributed by atoms with Crippen molar-refractivity contribution in [2.24, 2.45) is 0 Å². The number of hydrogen-bond donors (Lipinski definition) is 1. The van der Waals surface area contributed by atoms with E-state index < -0.39 is 10.0 Å². The van der Waals surface area contributed by atoms with E-state index in [1.807, 2.05) is 12.1 Å². The average molecular weight is 429 g/mol. The van der Waals surface area contributed by atoms with Gasteiger partial charge in [0.15, 0.2) is 0 Å². The van der Waals surface area contributed by atoms with Gasteiger partial charge in [0.2, 0.25) is 15.9 Å². The molecule has 8 heteroatoms. The summed E-state index contributed by atoms with van der Waals surface area (Å²) in [5.41, 5.74) is 2.17. The molecule has 0 unspecified atom stereocenters. The lowest BCUT2D eigenvalue weighted by molar-refractivity contribution is -0.121. The molecule has 0 aliphatic rings. The van der Waals surface area contributed by atoms with Gasteiger partial charge in [0.1, 0.15) is 0 Å². The number of carbonyl (C=O) groups excluding carboxylic acids is 1. The lowest BCUT2D eigenvalue weighted by Gasteiger charge is -2.24. The summed E-state index contributed by atoms with van der Waals surface area (Å²) in [6, 6.07) is 12.3. The number of carbonyl (C=O) groups is 1. The van der Waals surface area contributed by atoms with E-state index in [2.05, 4.69) is 5.32 Å². The highest BCUT2D eigenvalue weighted by Gasteiger charge is 2.20. The summed E-state index contributed by atoms with van der Waals surface area (Å²) < 4.78 is 25.7. The van der Waals surface area contributed by atoms with Crippen LogP contribution in [-0.4, -0.2) is 27.1 Å². The molecule has 1 N–H and O–H groups in total. The quantitative estimate of drug-likeness (QED) is 0.685. The molecule has 2 aromatic rings. The number of nitrogens with one attached hydrogen (secondary N) is 1. The predicted molar refractivity (Wildman–Crippen MR) is 111 cm³/mol. The van der Waals surface area contributed by atoms with Crippen LogP contribution in [0.25, 0.3) is 0 Å². The highest BCUT2D eigenvalue weighted by Crippen LogP contribution is 2.28. The van der Waals surface area contributed by atoms with E-state index in [1.165, 1.54) is 4.31 Å². The Morgan fingerprint density at radius 1 is 1.11 bits per heavy atom. The number of benzene rings is 2. The van der Waals surface area contributed by atoms with Crippen LogP contribution in [0.2, 0.25) is 10.0 Å². The van der Waals surface area contributed by atoms with Gasteiger partial charge in [-0.25, -0.2) is 8.42 Å². The first-order valence-corrected chi connectivity index (χ1v) is 11.0. The van der Waals surface area contributed by atoms with Crippen molar-refractivity contribution in [1.29, 1.82) is 0 Å². The van der Waals surface area contributed by atoms with Crippen LogP contribution in [0.15, 0.2) is 42.5 Å². The van der Waals surface area contributed by atoms with Gasteiger partial charge in [-0.05, 0) is 48.7 Å². The standard InChI is InChI=1S/C19H22Cl2N2O3S/c1-14-17(21)5-3-6-18(14)23(27(2,25)26)12-4-7-19(24)22-13-15-8-10-16(20)11-9-15/h3,5-6,8-11H,4,7,12-13H2,1-2H3,(H,22,24). The maximum absolute atomic E-state index is 12.2. The summed E-state index contributed by atoms with van der Waals surface area (Å²) in [5, 5.41) is 3.96. The van der Waals surface area contributed by atoms with E-state index in [4.69, 9.17) is 23.2 Å². The molecule has 0 radical (unpaired) electrons. The predicted octanol–water partition coefficient (Wildman–Crippen LogP) is 4.16. The van der Waals surface area contributed by atoms with Gasteiger partial charge in [0, 0.05) is 29.6 Å². The van der Waals surface area contributed by atoms with E-state index in [1.54, 1.807) is 37.3 Å². The largest absolute Gasteiger partial charge is 0.352 e. The summed E-state index contributed by atoms with van der Waals surface area (Å²) in [7, 11) is -3.48. The van der Waals surface area contributed by atoms with Crippen molar-refractivity contribution in [2.45, 2.75) is 26.3 Å². The van der Waals surface area contributed by atoms with Crippen LogP contribution >= 0.6 is 23.2 Å². The lowest BCUT2D eigenvalue weighted by Crippen LogP contribution is -2.32. The van der Waals surface area contributed by atoms with E-state index in [0.717, 1.165) is 11.8 Å². The van der Waals surface area contributed by atoms with Gasteiger partial charge in [-0.15, -0.1) is 0 Å². The maximum Gasteiger partial charge on any atom is 0.232 e. The smallest absolute Gasteiger partial charge is 0.232 e. The summed E-state index contributed by atoms with van der Waals surface area (Å²) >= 11 is 11.9. The Morgan fingerprint density at radius 3 is 2.41 bits per heavy atom. The topological polar surface area (TPSA) is 66.5 Å². The van der Waals surface area contributed by atoms with Crippen LogP contribution in [0.5, 0.6) is 0 Å². The van der Waals surface area contributed by atoms with Gasteiger partial charge in [-0.2, -0.15) is 0 Å². The minimum Gasteiger partial charge on any atom is -0.352 e. The third-order valence-electron chi connectivity index (χ3n) is 4.08. The van der Waals surface area contributed by atoms with E-state index in [-0.39, 0.29) is 18.9 Å². The Kier molecular flexibility index (Phi) is 7.53. The van der Waals surface area contributed by atoms with Crippen molar-refractivity contribution in [3.05, 3.63) is 63.6 Å². The first kappa shape index (κ1) is 21.5. The van der Waals surface area contributed by atoms with E-state index in [0.29, 0.717) is 34.3 Å². The molecule has 2 aromatic carbocycles. The van der Waals surface area contributed by atoms with E-state index >= 15 is 0 Å². The van der Waals surface area contributed by atoms with Crippen LogP contribution in [0.4, 0.5) is 5.69 Å². The molecule has 1 amide bonds. The van der Waals surface area contributed by atoms with Crippen LogP contribution in [0.3, 0.4) is 0 Å². The third-order valence-corrected chi connectivity index (χ3v) is 5.92. The molecule has 0 heterocycles. The van der Waals surface area contributed by atoms with Gasteiger partial charge in [0.25, 0.3) is 0 Å². The molecule has 0 aliphatic carbocycles. The SMILES string of the molecule is Cc1c(Cl)cccc1N(CCCC(=O)NCc1ccc(Cl)cc1)S(C)(=O)=O. The van der Waals surface area contributed by atoms with Crippen LogP contribution in [-0.2, 0) is 21.4 Å². The fraction of sp³-hybridized carbons (Fsp3) is 0.316. The zero-order valence-electron chi connectivity index (χ0n) is 15.2. The van der Waals surface area contributed by atoms with Crippen LogP contribution in [0, 0.1) is 6.92 Å². The fourth-order valence-electron chi connectivity index (χ4n) is 2.61. The molecule has 0 saturated heterocycles. The van der Waals surface area contributed by atoms with Crippen molar-refractivity contribution in [2.75, 3.05) is 17.1 Å². The number of halogens is 2. The lowest BCUT2D eigenvalue weighted by atomic mass is 10.2. The number of nitrogens with zero attached hydrogens (tertiary/aromatic N) is 1. The Hall–Kier alpha value is -1.76. The molecule has 0 bridgehead atoms. The maximum atomic E-state index is 12.2. The number of hydrogen-bond acceptors (Lipinski definition) is 3. The van der Waals surface area contributed by atoms with Crippen molar-refractivity contribution in [3.8, 4) is 0 Å². The molecule has 0 fully saturated rings. The second-order valence-corrected chi connectivity index (χ2v) is 8.98. The Labute approximate surface area is 170 Å². The zero-order chi connectivity index (χ0) is 20.0. The third kappa shape index (κ3) is 6.41. The summed E-state index contributed by atoms with van der Waals surface area (Å²) in [4.78, 5) is 12.0. The number of sulfonamides is 1. The highest BCUT2D eigenvalue weighted by atomic mass is 35.5. The monoisotopic (exact) mass is 428 g/mol. The van der Waals surface area contributed by atoms with Crippen molar-refractivity contribution >= 4 is 44.8 Å². The van der Waals surface area contributed by atoms with Crippen LogP contribution in [0.1, 0.15) is 24.0 Å². The Balaban J connectivity index is 1.93. The Bertz CT molecular complexity index is 900. The minimum atomic E-state index is -3.48. The first-order chi connectivity index (χ1) is 12.7. The van der Waals surface area contributed by atoms with Crippen LogP contribution < -0.4 is 9.62 Å². The number of amides is 1. The van der Waals surface area contributed by atoms with Gasteiger partial charge in [-0.1, -0.05) is 41.4 Å². The second-order valence-electron chi connectivity index (χ2n) is 6.23. The molecule has 0 spiro atoms. The first-order valence-electron chi connectivity index (χ1n) is 8.42. The van der Waals surface area contributed by atoms with Gasteiger partial charge in [0.05, 0.1) is 11.9 Å². The van der Waals surface area contributed by atoms with Gasteiger partial charge >= 0.3 is 0 Å². The molecular formula is C19H22Cl2N2O3S. The second kappa shape index (κ2) is 9.44. The van der Waals surface area contributed by atoms with Crippen molar-refractivity contribution in [1.82, 2.24) is 5.32 Å². The minimum absolute atomic E-state index is 0.138. The molecule has 0 saturated carbocycles. The zero-order valence-corrected chi connectivity index (χ0v) is 17.5. The summed E-state index contributed by atoms with van der Waals surface area (Å²) in [6.07, 6.45) is 1.76. The molecule has 5 nitrogen and oxygen atoms in total. The molecule has 0 aromatic heterocycles. The average Bonchev–Trinajstić information content (AvgIpc) is 2.60. The normalized spacial score (nSPS) is 11.3. The van der Waals surface area contributed by atoms with Crippen molar-refractivity contribution in [3.63, 3.8) is 0 Å². The molecule has 27 heavy (non-hydrogen) atoms. The molecule has 0 aliphatic heterocycles. The number of rotatable bonds is 8. The van der Waals surface area contributed by atoms with Gasteiger partial charge < -0.3 is 5.32 Å². The highest BCUT2D eigenvalue weighted by molar-refractivity contribution is 7.92. The Morgan fingerprint density at radius 2 is 1.78 bits per heavy atom. The fourth-order valence-corrected chi connectivity index (χ4v) is 3.92. The molecule has 146 valence electrons. The molecule has 2 rings (SSSR count). The summed E-state index contributed by atoms with van der Waals surface area (Å²) in [6.45, 7) is 2.38. The van der Waals surface area contributed by atoms with E-state index in [9.17, 15) is 13.2 Å². The number of anilines is 1.